The van der Waals surface area contributed by atoms with Gasteiger partial charge in [0.25, 0.3) is 0 Å². The molecule has 1 saturated heterocycles. The van der Waals surface area contributed by atoms with Gasteiger partial charge in [-0.3, -0.25) is 14.5 Å². The molecule has 2 rings (SSSR count). The third-order valence-corrected chi connectivity index (χ3v) is 3.76. The number of nitrogen functional groups attached to an aromatic ring is 1. The zero-order valence-corrected chi connectivity index (χ0v) is 11.8. The van der Waals surface area contributed by atoms with Gasteiger partial charge in [0.15, 0.2) is 0 Å². The van der Waals surface area contributed by atoms with Gasteiger partial charge in [-0.2, -0.15) is 0 Å². The van der Waals surface area contributed by atoms with Crippen molar-refractivity contribution in [2.24, 2.45) is 5.73 Å². The Bertz CT molecular complexity index is 564. The van der Waals surface area contributed by atoms with Crippen LogP contribution in [0.4, 0.5) is 15.8 Å². The van der Waals surface area contributed by atoms with Crippen LogP contribution in [-0.2, 0) is 9.59 Å². The maximum atomic E-state index is 13.1. The molecule has 1 aromatic carbocycles. The first-order chi connectivity index (χ1) is 9.90. The summed E-state index contributed by atoms with van der Waals surface area (Å²) in [5, 5.41) is 2.67. The van der Waals surface area contributed by atoms with Crippen molar-refractivity contribution >= 4 is 23.2 Å². The van der Waals surface area contributed by atoms with E-state index in [-0.39, 0.29) is 11.6 Å². The molecular formula is C14H19FN4O2. The second-order valence-corrected chi connectivity index (χ2v) is 5.20. The topological polar surface area (TPSA) is 101 Å². The number of likely N-dealkylation sites (tertiary alicyclic amines) is 1. The molecule has 1 aliphatic rings. The fraction of sp³-hybridized carbons (Fsp3) is 0.429. The van der Waals surface area contributed by atoms with E-state index in [1.165, 1.54) is 18.2 Å². The number of nitrogens with one attached hydrogen (secondary N) is 1. The van der Waals surface area contributed by atoms with E-state index in [4.69, 9.17) is 11.5 Å². The number of amides is 2. The number of nitrogens with zero attached hydrogens (tertiary/aromatic N) is 1. The number of carbonyl (C=O) groups is 2. The van der Waals surface area contributed by atoms with Gasteiger partial charge in [-0.25, -0.2) is 4.39 Å². The number of rotatable bonds is 4. The summed E-state index contributed by atoms with van der Waals surface area (Å²) in [6.07, 6.45) is 1.49. The fourth-order valence-corrected chi connectivity index (χ4v) is 2.58. The van der Waals surface area contributed by atoms with Crippen molar-refractivity contribution in [1.29, 1.82) is 0 Å². The number of hydrogen-bond donors (Lipinski definition) is 3. The molecule has 6 nitrogen and oxygen atoms in total. The highest BCUT2D eigenvalue weighted by molar-refractivity contribution is 5.95. The molecule has 1 fully saturated rings. The van der Waals surface area contributed by atoms with Crippen LogP contribution < -0.4 is 16.8 Å². The number of halogens is 1. The van der Waals surface area contributed by atoms with E-state index in [1.54, 1.807) is 11.8 Å². The molecule has 5 N–H and O–H groups in total. The summed E-state index contributed by atoms with van der Waals surface area (Å²) in [7, 11) is 0. The number of primary amides is 1. The van der Waals surface area contributed by atoms with Crippen molar-refractivity contribution in [3.63, 3.8) is 0 Å². The van der Waals surface area contributed by atoms with E-state index < -0.39 is 23.8 Å². The van der Waals surface area contributed by atoms with Crippen LogP contribution in [0, 0.1) is 5.82 Å². The van der Waals surface area contributed by atoms with Crippen molar-refractivity contribution < 1.29 is 14.0 Å². The summed E-state index contributed by atoms with van der Waals surface area (Å²) in [5.74, 6) is -1.23. The Hall–Kier alpha value is -2.15. The maximum absolute atomic E-state index is 13.1. The lowest BCUT2D eigenvalue weighted by molar-refractivity contribution is -0.126. The van der Waals surface area contributed by atoms with Crippen molar-refractivity contribution in [1.82, 2.24) is 4.90 Å². The Morgan fingerprint density at radius 1 is 1.48 bits per heavy atom. The van der Waals surface area contributed by atoms with Gasteiger partial charge in [0.05, 0.1) is 17.8 Å². The van der Waals surface area contributed by atoms with Crippen molar-refractivity contribution in [2.75, 3.05) is 17.6 Å². The van der Waals surface area contributed by atoms with E-state index in [0.29, 0.717) is 18.7 Å². The minimum absolute atomic E-state index is 0.0309. The van der Waals surface area contributed by atoms with Crippen molar-refractivity contribution in [3.8, 4) is 0 Å². The molecule has 2 atom stereocenters. The molecule has 0 aliphatic carbocycles. The molecule has 1 aromatic rings. The van der Waals surface area contributed by atoms with Crippen LogP contribution in [0.2, 0.25) is 0 Å². The molecule has 2 unspecified atom stereocenters. The highest BCUT2D eigenvalue weighted by Gasteiger charge is 2.35. The number of carbonyl (C=O) groups excluding carboxylic acids is 2. The Kier molecular flexibility index (Phi) is 4.42. The van der Waals surface area contributed by atoms with Crippen LogP contribution in [0.15, 0.2) is 18.2 Å². The van der Waals surface area contributed by atoms with Crippen LogP contribution in [0.3, 0.4) is 0 Å². The molecule has 0 saturated carbocycles. The predicted molar refractivity (Wildman–Crippen MR) is 77.8 cm³/mol. The normalized spacial score (nSPS) is 20.2. The van der Waals surface area contributed by atoms with Gasteiger partial charge in [0.1, 0.15) is 5.82 Å². The quantitative estimate of drug-likeness (QED) is 0.711. The van der Waals surface area contributed by atoms with Gasteiger partial charge >= 0.3 is 0 Å². The van der Waals surface area contributed by atoms with Gasteiger partial charge in [-0.15, -0.1) is 0 Å². The van der Waals surface area contributed by atoms with Gasteiger partial charge < -0.3 is 16.8 Å². The third kappa shape index (κ3) is 3.30. The molecule has 114 valence electrons. The first-order valence-electron chi connectivity index (χ1n) is 6.81. The lowest BCUT2D eigenvalue weighted by Crippen LogP contribution is -2.49. The van der Waals surface area contributed by atoms with E-state index in [2.05, 4.69) is 5.32 Å². The van der Waals surface area contributed by atoms with E-state index >= 15 is 0 Å². The molecule has 0 spiro atoms. The number of nitrogens with two attached hydrogens (primary N) is 2. The third-order valence-electron chi connectivity index (χ3n) is 3.76. The zero-order chi connectivity index (χ0) is 15.6. The highest BCUT2D eigenvalue weighted by Crippen LogP contribution is 2.21. The van der Waals surface area contributed by atoms with E-state index in [0.717, 1.165) is 6.42 Å². The summed E-state index contributed by atoms with van der Waals surface area (Å²) < 4.78 is 13.1. The second kappa shape index (κ2) is 6.09. The molecule has 7 heteroatoms. The monoisotopic (exact) mass is 294 g/mol. The van der Waals surface area contributed by atoms with Gasteiger partial charge in [0, 0.05) is 5.69 Å². The standard InChI is InChI=1S/C14H19FN4O2/c1-8(19-6-2-3-12(19)13(17)20)14(21)18-9-4-5-10(15)11(16)7-9/h4-5,7-8,12H,2-3,6,16H2,1H3,(H2,17,20)(H,18,21). The predicted octanol–water partition coefficient (Wildman–Crippen LogP) is 0.685. The molecule has 1 aliphatic heterocycles. The number of benzene rings is 1. The van der Waals surface area contributed by atoms with Gasteiger partial charge in [-0.1, -0.05) is 0 Å². The lowest BCUT2D eigenvalue weighted by atomic mass is 10.1. The molecular weight excluding hydrogens is 275 g/mol. The summed E-state index contributed by atoms with van der Waals surface area (Å²) in [5.41, 5.74) is 11.2. The summed E-state index contributed by atoms with van der Waals surface area (Å²) in [4.78, 5) is 25.4. The van der Waals surface area contributed by atoms with Crippen LogP contribution in [0.1, 0.15) is 19.8 Å². The Labute approximate surface area is 122 Å². The minimum Gasteiger partial charge on any atom is -0.396 e. The second-order valence-electron chi connectivity index (χ2n) is 5.20. The van der Waals surface area contributed by atoms with Gasteiger partial charge in [-0.05, 0) is 44.5 Å². The number of hydrogen-bond acceptors (Lipinski definition) is 4. The molecule has 0 bridgehead atoms. The van der Waals surface area contributed by atoms with Crippen molar-refractivity contribution in [2.45, 2.75) is 31.8 Å². The molecule has 2 amide bonds. The zero-order valence-electron chi connectivity index (χ0n) is 11.8. The van der Waals surface area contributed by atoms with E-state index in [9.17, 15) is 14.0 Å². The van der Waals surface area contributed by atoms with Crippen molar-refractivity contribution in [3.05, 3.63) is 24.0 Å². The summed E-state index contributed by atoms with van der Waals surface area (Å²) in [6.45, 7) is 2.36. The van der Waals surface area contributed by atoms with Crippen LogP contribution >= 0.6 is 0 Å². The lowest BCUT2D eigenvalue weighted by Gasteiger charge is -2.27. The van der Waals surface area contributed by atoms with Gasteiger partial charge in [0.2, 0.25) is 11.8 Å². The van der Waals surface area contributed by atoms with E-state index in [1.807, 2.05) is 0 Å². The largest absolute Gasteiger partial charge is 0.396 e. The Balaban J connectivity index is 2.05. The molecule has 21 heavy (non-hydrogen) atoms. The first kappa shape index (κ1) is 15.2. The average Bonchev–Trinajstić information content (AvgIpc) is 2.91. The Morgan fingerprint density at radius 3 is 2.81 bits per heavy atom. The maximum Gasteiger partial charge on any atom is 0.241 e. The van der Waals surface area contributed by atoms with Crippen LogP contribution in [-0.4, -0.2) is 35.3 Å². The molecule has 0 aromatic heterocycles. The highest BCUT2D eigenvalue weighted by atomic mass is 19.1. The summed E-state index contributed by atoms with van der Waals surface area (Å²) >= 11 is 0. The fourth-order valence-electron chi connectivity index (χ4n) is 2.58. The van der Waals surface area contributed by atoms with Crippen LogP contribution in [0.5, 0.6) is 0 Å². The smallest absolute Gasteiger partial charge is 0.241 e. The minimum atomic E-state index is -0.533. The Morgan fingerprint density at radius 2 is 2.19 bits per heavy atom. The SMILES string of the molecule is CC(C(=O)Nc1ccc(F)c(N)c1)N1CCCC1C(N)=O. The first-order valence-corrected chi connectivity index (χ1v) is 6.81. The number of anilines is 2. The molecule has 1 heterocycles. The van der Waals surface area contributed by atoms with Crippen LogP contribution in [0.25, 0.3) is 0 Å². The summed E-state index contributed by atoms with van der Waals surface area (Å²) in [6, 6.07) is 3.07. The average molecular weight is 294 g/mol. The molecule has 0 radical (unpaired) electrons.